The number of halogens is 1. The molecule has 110 valence electrons. The zero-order valence-electron chi connectivity index (χ0n) is 11.6. The summed E-state index contributed by atoms with van der Waals surface area (Å²) >= 11 is 6.09. The second kappa shape index (κ2) is 5.73. The van der Waals surface area contributed by atoms with Crippen LogP contribution in [0.3, 0.4) is 0 Å². The van der Waals surface area contributed by atoms with Crippen molar-refractivity contribution in [2.24, 2.45) is 0 Å². The molecule has 0 aliphatic heterocycles. The number of aryl methyl sites for hydroxylation is 1. The van der Waals surface area contributed by atoms with Gasteiger partial charge in [-0.15, -0.1) is 0 Å². The van der Waals surface area contributed by atoms with Crippen LogP contribution in [0, 0.1) is 10.1 Å². The van der Waals surface area contributed by atoms with Gasteiger partial charge in [-0.3, -0.25) is 14.9 Å². The molecule has 22 heavy (non-hydrogen) atoms. The highest BCUT2D eigenvalue weighted by atomic mass is 35.5. The number of nitro groups is 1. The molecule has 0 saturated heterocycles. The van der Waals surface area contributed by atoms with E-state index in [0.717, 1.165) is 12.0 Å². The lowest BCUT2D eigenvalue weighted by Crippen LogP contribution is -2.13. The average molecular weight is 314 g/mol. The largest absolute Gasteiger partial charge is 0.289 e. The van der Waals surface area contributed by atoms with Crippen LogP contribution in [0.5, 0.6) is 0 Å². The van der Waals surface area contributed by atoms with Crippen LogP contribution < -0.4 is 0 Å². The van der Waals surface area contributed by atoms with Crippen LogP contribution in [0.4, 0.5) is 5.69 Å². The number of allylic oxidation sites excluding steroid dienone is 1. The van der Waals surface area contributed by atoms with Crippen molar-refractivity contribution in [3.05, 3.63) is 79.9 Å². The third-order valence-corrected chi connectivity index (χ3v) is 4.08. The topological polar surface area (TPSA) is 60.2 Å². The average Bonchev–Trinajstić information content (AvgIpc) is 2.52. The van der Waals surface area contributed by atoms with Gasteiger partial charge in [0.2, 0.25) is 0 Å². The molecule has 2 aromatic rings. The molecule has 0 heterocycles. The smallest absolute Gasteiger partial charge is 0.270 e. The molecule has 0 saturated carbocycles. The van der Waals surface area contributed by atoms with Gasteiger partial charge in [-0.1, -0.05) is 35.9 Å². The lowest BCUT2D eigenvalue weighted by atomic mass is 9.86. The monoisotopic (exact) mass is 313 g/mol. The molecule has 2 aromatic carbocycles. The first-order valence-electron chi connectivity index (χ1n) is 6.83. The number of hydrogen-bond acceptors (Lipinski definition) is 3. The minimum Gasteiger partial charge on any atom is -0.289 e. The first kappa shape index (κ1) is 14.5. The second-order valence-electron chi connectivity index (χ2n) is 5.12. The Balaban J connectivity index is 2.02. The first-order chi connectivity index (χ1) is 10.6. The number of Topliss-reactive ketones (excluding diaryl/α,β-unsaturated/α-hetero) is 1. The summed E-state index contributed by atoms with van der Waals surface area (Å²) in [6.07, 6.45) is 3.04. The van der Waals surface area contributed by atoms with Crippen LogP contribution in [0.1, 0.15) is 27.9 Å². The maximum Gasteiger partial charge on any atom is 0.270 e. The van der Waals surface area contributed by atoms with E-state index in [1.807, 2.05) is 18.2 Å². The van der Waals surface area contributed by atoms with Gasteiger partial charge in [-0.25, -0.2) is 0 Å². The van der Waals surface area contributed by atoms with E-state index in [1.165, 1.54) is 18.2 Å². The predicted octanol–water partition coefficient (Wildman–Crippen LogP) is 4.46. The Labute approximate surface area is 132 Å². The highest BCUT2D eigenvalue weighted by molar-refractivity contribution is 6.32. The van der Waals surface area contributed by atoms with Crippen molar-refractivity contribution in [3.8, 4) is 0 Å². The van der Waals surface area contributed by atoms with E-state index in [1.54, 1.807) is 12.1 Å². The van der Waals surface area contributed by atoms with Crippen LogP contribution >= 0.6 is 11.6 Å². The number of carbonyl (C=O) groups is 1. The van der Waals surface area contributed by atoms with Crippen LogP contribution in [-0.2, 0) is 6.42 Å². The first-order valence-corrected chi connectivity index (χ1v) is 7.21. The molecule has 0 fully saturated rings. The Kier molecular flexibility index (Phi) is 3.77. The van der Waals surface area contributed by atoms with Crippen molar-refractivity contribution in [1.29, 1.82) is 0 Å². The number of rotatable bonds is 2. The number of non-ortho nitro benzene ring substituents is 1. The van der Waals surface area contributed by atoms with Crippen LogP contribution in [-0.4, -0.2) is 10.7 Å². The number of carbonyl (C=O) groups excluding carboxylic acids is 1. The minimum atomic E-state index is -0.476. The van der Waals surface area contributed by atoms with Crippen molar-refractivity contribution in [2.75, 3.05) is 0 Å². The number of hydrogen-bond donors (Lipinski definition) is 0. The molecule has 3 rings (SSSR count). The number of ketones is 1. The van der Waals surface area contributed by atoms with Crippen molar-refractivity contribution in [3.63, 3.8) is 0 Å². The minimum absolute atomic E-state index is 0.0376. The number of fused-ring (bicyclic) bond motifs is 1. The van der Waals surface area contributed by atoms with Gasteiger partial charge in [0.15, 0.2) is 5.78 Å². The van der Waals surface area contributed by atoms with Crippen molar-refractivity contribution in [2.45, 2.75) is 12.8 Å². The zero-order chi connectivity index (χ0) is 15.7. The SMILES string of the molecule is O=C1/C(=C\c2cc([N+](=O)[O-])ccc2Cl)CCc2ccccc21. The Morgan fingerprint density at radius 2 is 1.91 bits per heavy atom. The van der Waals surface area contributed by atoms with Gasteiger partial charge in [-0.05, 0) is 30.5 Å². The van der Waals surface area contributed by atoms with E-state index in [0.29, 0.717) is 28.1 Å². The Morgan fingerprint density at radius 1 is 1.14 bits per heavy atom. The summed E-state index contributed by atoms with van der Waals surface area (Å²) in [5.74, 6) is -0.0376. The molecule has 0 aromatic heterocycles. The molecule has 0 amide bonds. The zero-order valence-corrected chi connectivity index (χ0v) is 12.3. The normalized spacial score (nSPS) is 15.7. The van der Waals surface area contributed by atoms with Gasteiger partial charge in [0.25, 0.3) is 5.69 Å². The maximum atomic E-state index is 12.5. The van der Waals surface area contributed by atoms with E-state index in [9.17, 15) is 14.9 Å². The van der Waals surface area contributed by atoms with Gasteiger partial charge in [-0.2, -0.15) is 0 Å². The summed E-state index contributed by atoms with van der Waals surface area (Å²) < 4.78 is 0. The van der Waals surface area contributed by atoms with Crippen LogP contribution in [0.15, 0.2) is 48.0 Å². The molecule has 4 nitrogen and oxygen atoms in total. The Hall–Kier alpha value is -2.46. The fourth-order valence-electron chi connectivity index (χ4n) is 2.60. The van der Waals surface area contributed by atoms with Gasteiger partial charge < -0.3 is 0 Å². The second-order valence-corrected chi connectivity index (χ2v) is 5.53. The van der Waals surface area contributed by atoms with E-state index in [-0.39, 0.29) is 11.5 Å². The molecule has 0 N–H and O–H groups in total. The van der Waals surface area contributed by atoms with Gasteiger partial charge in [0.1, 0.15) is 0 Å². The Bertz CT molecular complexity index is 811. The lowest BCUT2D eigenvalue weighted by molar-refractivity contribution is -0.384. The van der Waals surface area contributed by atoms with Crippen molar-refractivity contribution >= 4 is 29.1 Å². The number of nitrogens with zero attached hydrogens (tertiary/aromatic N) is 1. The van der Waals surface area contributed by atoms with Gasteiger partial charge in [0.05, 0.1) is 4.92 Å². The summed E-state index contributed by atoms with van der Waals surface area (Å²) in [6.45, 7) is 0. The quantitative estimate of drug-likeness (QED) is 0.467. The van der Waals surface area contributed by atoms with E-state index >= 15 is 0 Å². The van der Waals surface area contributed by atoms with Crippen molar-refractivity contribution < 1.29 is 9.72 Å². The molecular formula is C17H12ClNO3. The molecule has 1 aliphatic carbocycles. The Morgan fingerprint density at radius 3 is 2.68 bits per heavy atom. The highest BCUT2D eigenvalue weighted by Gasteiger charge is 2.21. The molecule has 0 radical (unpaired) electrons. The van der Waals surface area contributed by atoms with Gasteiger partial charge in [0, 0.05) is 33.9 Å². The third-order valence-electron chi connectivity index (χ3n) is 3.74. The molecule has 0 atom stereocenters. The summed E-state index contributed by atoms with van der Waals surface area (Å²) in [5.41, 5.74) is 2.82. The molecule has 0 unspecified atom stereocenters. The van der Waals surface area contributed by atoms with Crippen LogP contribution in [0.25, 0.3) is 6.08 Å². The third kappa shape index (κ3) is 2.65. The molecule has 0 bridgehead atoms. The summed E-state index contributed by atoms with van der Waals surface area (Å²) in [5, 5.41) is 11.3. The standard InChI is InChI=1S/C17H12ClNO3/c18-16-8-7-14(19(21)22)10-13(16)9-12-6-5-11-3-1-2-4-15(11)17(12)20/h1-4,7-10H,5-6H2/b12-9-. The highest BCUT2D eigenvalue weighted by Crippen LogP contribution is 2.29. The number of nitro benzene ring substituents is 1. The van der Waals surface area contributed by atoms with E-state index < -0.39 is 4.92 Å². The molecule has 1 aliphatic rings. The van der Waals surface area contributed by atoms with Gasteiger partial charge >= 0.3 is 0 Å². The summed E-state index contributed by atoms with van der Waals surface area (Å²) in [7, 11) is 0. The fraction of sp³-hybridized carbons (Fsp3) is 0.118. The van der Waals surface area contributed by atoms with E-state index in [2.05, 4.69) is 0 Å². The van der Waals surface area contributed by atoms with E-state index in [4.69, 9.17) is 11.6 Å². The summed E-state index contributed by atoms with van der Waals surface area (Å²) in [6, 6.07) is 11.7. The fourth-order valence-corrected chi connectivity index (χ4v) is 2.77. The molecule has 0 spiro atoms. The number of benzene rings is 2. The maximum absolute atomic E-state index is 12.5. The molecular weight excluding hydrogens is 302 g/mol. The van der Waals surface area contributed by atoms with Crippen LogP contribution in [0.2, 0.25) is 5.02 Å². The summed E-state index contributed by atoms with van der Waals surface area (Å²) in [4.78, 5) is 22.9. The molecule has 5 heteroatoms. The lowest BCUT2D eigenvalue weighted by Gasteiger charge is -2.17. The van der Waals surface area contributed by atoms with Crippen molar-refractivity contribution in [1.82, 2.24) is 0 Å². The predicted molar refractivity (Wildman–Crippen MR) is 85.2 cm³/mol.